The van der Waals surface area contributed by atoms with Crippen LogP contribution in [0.4, 0.5) is 0 Å². The van der Waals surface area contributed by atoms with Gasteiger partial charge in [0.25, 0.3) is 0 Å². The average molecular weight is 250 g/mol. The van der Waals surface area contributed by atoms with Gasteiger partial charge in [0.2, 0.25) is 0 Å². The predicted octanol–water partition coefficient (Wildman–Crippen LogP) is 2.12. The maximum atomic E-state index is 2.31. The Kier molecular flexibility index (Phi) is 3.53. The third kappa shape index (κ3) is 2.12. The number of benzene rings is 3. The quantitative estimate of drug-likeness (QED) is 0.580. The van der Waals surface area contributed by atoms with Crippen LogP contribution in [0.2, 0.25) is 0 Å². The molecule has 20 heavy (non-hydrogen) atoms. The van der Waals surface area contributed by atoms with Gasteiger partial charge >= 0.3 is 18.9 Å². The van der Waals surface area contributed by atoms with Crippen molar-refractivity contribution in [2.45, 2.75) is 5.92 Å². The fourth-order valence-corrected chi connectivity index (χ4v) is 2.94. The van der Waals surface area contributed by atoms with Crippen LogP contribution >= 0.6 is 0 Å². The molecule has 0 amide bonds. The second-order valence-corrected chi connectivity index (χ2v) is 5.07. The van der Waals surface area contributed by atoms with Crippen molar-refractivity contribution in [3.63, 3.8) is 0 Å². The van der Waals surface area contributed by atoms with Crippen LogP contribution in [-0.2, 0) is 0 Å². The molecule has 1 aliphatic rings. The van der Waals surface area contributed by atoms with Gasteiger partial charge in [0, 0.05) is 5.92 Å². The molecule has 0 aromatic heterocycles. The molecule has 1 aliphatic carbocycles. The standard InChI is InChI=1S/C19H14.Li.H/c1-2-7-16-13-17(10-9-14(16)5-1)19-12-11-15-6-3-4-8-18(15)19;;/h1-13,19H;;/q;+1;-1. The van der Waals surface area contributed by atoms with E-state index in [1.54, 1.807) is 0 Å². The van der Waals surface area contributed by atoms with E-state index in [0.29, 0.717) is 5.92 Å². The Morgan fingerprint density at radius 2 is 1.50 bits per heavy atom. The molecule has 1 heteroatoms. The van der Waals surface area contributed by atoms with Gasteiger partial charge in [0.05, 0.1) is 0 Å². The van der Waals surface area contributed by atoms with E-state index in [1.807, 2.05) is 0 Å². The minimum Gasteiger partial charge on any atom is -1.00 e. The molecule has 1 atom stereocenters. The van der Waals surface area contributed by atoms with Crippen LogP contribution in [0.1, 0.15) is 24.0 Å². The zero-order valence-corrected chi connectivity index (χ0v) is 11.6. The largest absolute Gasteiger partial charge is 1.00 e. The van der Waals surface area contributed by atoms with Gasteiger partial charge in [-0.3, -0.25) is 0 Å². The summed E-state index contributed by atoms with van der Waals surface area (Å²) in [5.41, 5.74) is 4.14. The molecule has 0 spiro atoms. The Morgan fingerprint density at radius 3 is 2.40 bits per heavy atom. The van der Waals surface area contributed by atoms with Crippen LogP contribution in [0, 0.1) is 0 Å². The van der Waals surface area contributed by atoms with Gasteiger partial charge in [-0.2, -0.15) is 0 Å². The first-order valence-corrected chi connectivity index (χ1v) is 6.68. The molecule has 3 aromatic rings. The van der Waals surface area contributed by atoms with E-state index >= 15 is 0 Å². The molecule has 0 saturated carbocycles. The summed E-state index contributed by atoms with van der Waals surface area (Å²) in [5.74, 6) is 0.404. The van der Waals surface area contributed by atoms with E-state index < -0.39 is 0 Å². The first-order valence-electron chi connectivity index (χ1n) is 6.68. The number of rotatable bonds is 1. The van der Waals surface area contributed by atoms with Gasteiger partial charge in [0.1, 0.15) is 0 Å². The first kappa shape index (κ1) is 13.3. The van der Waals surface area contributed by atoms with Crippen molar-refractivity contribution in [3.8, 4) is 0 Å². The van der Waals surface area contributed by atoms with Crippen LogP contribution in [-0.4, -0.2) is 0 Å². The minimum atomic E-state index is 0. The molecule has 0 N–H and O–H groups in total. The maximum absolute atomic E-state index is 2.31. The second-order valence-electron chi connectivity index (χ2n) is 5.07. The number of hydrogen-bond acceptors (Lipinski definition) is 0. The molecular weight excluding hydrogens is 235 g/mol. The molecule has 92 valence electrons. The van der Waals surface area contributed by atoms with Crippen molar-refractivity contribution < 1.29 is 20.3 Å². The minimum absolute atomic E-state index is 0. The molecule has 0 nitrogen and oxygen atoms in total. The van der Waals surface area contributed by atoms with Crippen molar-refractivity contribution in [1.82, 2.24) is 0 Å². The van der Waals surface area contributed by atoms with Crippen LogP contribution in [0.3, 0.4) is 0 Å². The fraction of sp³-hybridized carbons (Fsp3) is 0.0526. The molecule has 0 fully saturated rings. The summed E-state index contributed by atoms with van der Waals surface area (Å²) in [5, 5.41) is 2.62. The zero-order valence-electron chi connectivity index (χ0n) is 12.6. The van der Waals surface area contributed by atoms with Crippen LogP contribution < -0.4 is 18.9 Å². The van der Waals surface area contributed by atoms with Crippen molar-refractivity contribution in [3.05, 3.63) is 89.5 Å². The summed E-state index contributed by atoms with van der Waals surface area (Å²) in [6.07, 6.45) is 4.53. The molecule has 1 unspecified atom stereocenters. The topological polar surface area (TPSA) is 0 Å². The Labute approximate surface area is 132 Å². The van der Waals surface area contributed by atoms with E-state index in [9.17, 15) is 0 Å². The summed E-state index contributed by atoms with van der Waals surface area (Å²) in [4.78, 5) is 0. The van der Waals surface area contributed by atoms with Crippen molar-refractivity contribution in [1.29, 1.82) is 0 Å². The molecule has 0 heterocycles. The van der Waals surface area contributed by atoms with Gasteiger partial charge in [-0.25, -0.2) is 0 Å². The molecule has 0 radical (unpaired) electrons. The van der Waals surface area contributed by atoms with E-state index in [-0.39, 0.29) is 20.3 Å². The fourth-order valence-electron chi connectivity index (χ4n) is 2.94. The third-order valence-electron chi connectivity index (χ3n) is 3.93. The molecule has 4 rings (SSSR count). The number of hydrogen-bond donors (Lipinski definition) is 0. The summed E-state index contributed by atoms with van der Waals surface area (Å²) in [7, 11) is 0. The Bertz CT molecular complexity index is 792. The number of fused-ring (bicyclic) bond motifs is 2. The monoisotopic (exact) mass is 250 g/mol. The molecule has 3 aromatic carbocycles. The van der Waals surface area contributed by atoms with E-state index in [1.165, 1.54) is 27.5 Å². The summed E-state index contributed by atoms with van der Waals surface area (Å²) < 4.78 is 0. The maximum Gasteiger partial charge on any atom is 1.00 e. The smallest absolute Gasteiger partial charge is 1.00 e. The Hall–Kier alpha value is -1.74. The van der Waals surface area contributed by atoms with Gasteiger partial charge in [-0.15, -0.1) is 0 Å². The van der Waals surface area contributed by atoms with E-state index in [0.717, 1.165) is 0 Å². The van der Waals surface area contributed by atoms with Crippen LogP contribution in [0.5, 0.6) is 0 Å². The zero-order chi connectivity index (χ0) is 12.7. The second kappa shape index (κ2) is 5.33. The average Bonchev–Trinajstić information content (AvgIpc) is 2.91. The van der Waals surface area contributed by atoms with Crippen molar-refractivity contribution in [2.24, 2.45) is 0 Å². The molecule has 0 bridgehead atoms. The number of allylic oxidation sites excluding steroid dienone is 1. The normalized spacial score (nSPS) is 15.9. The first-order chi connectivity index (χ1) is 9.42. The van der Waals surface area contributed by atoms with E-state index in [2.05, 4.69) is 78.9 Å². The van der Waals surface area contributed by atoms with Gasteiger partial charge in [0.15, 0.2) is 0 Å². The third-order valence-corrected chi connectivity index (χ3v) is 3.93. The molecule has 0 aliphatic heterocycles. The van der Waals surface area contributed by atoms with E-state index in [4.69, 9.17) is 0 Å². The summed E-state index contributed by atoms with van der Waals surface area (Å²) in [6, 6.07) is 24.0. The molecular formula is C19H15Li. The van der Waals surface area contributed by atoms with Crippen LogP contribution in [0.15, 0.2) is 72.8 Å². The van der Waals surface area contributed by atoms with Gasteiger partial charge in [-0.1, -0.05) is 78.9 Å². The SMILES string of the molecule is C1=CC(c2ccc3ccccc3c2)c2ccccc21.[H-].[Li+]. The predicted molar refractivity (Wildman–Crippen MR) is 82.4 cm³/mol. The Morgan fingerprint density at radius 1 is 0.750 bits per heavy atom. The summed E-state index contributed by atoms with van der Waals surface area (Å²) >= 11 is 0. The van der Waals surface area contributed by atoms with Crippen molar-refractivity contribution >= 4 is 16.8 Å². The molecule has 0 saturated heterocycles. The van der Waals surface area contributed by atoms with Gasteiger partial charge in [-0.05, 0) is 27.5 Å². The Balaban J connectivity index is 0.000000807. The summed E-state index contributed by atoms with van der Waals surface area (Å²) in [6.45, 7) is 0. The van der Waals surface area contributed by atoms with Crippen LogP contribution in [0.25, 0.3) is 16.8 Å². The van der Waals surface area contributed by atoms with Gasteiger partial charge < -0.3 is 1.43 Å². The van der Waals surface area contributed by atoms with Crippen molar-refractivity contribution in [2.75, 3.05) is 0 Å².